The minimum absolute atomic E-state index is 0.0250. The number of rotatable bonds is 3. The fourth-order valence-corrected chi connectivity index (χ4v) is 2.39. The van der Waals surface area contributed by atoms with E-state index in [1.807, 2.05) is 0 Å². The highest BCUT2D eigenvalue weighted by Gasteiger charge is 2.33. The molecule has 0 saturated carbocycles. The Bertz CT molecular complexity index is 693. The third-order valence-corrected chi connectivity index (χ3v) is 3.71. The molecular formula is C15H10BrF6N. The average Bonchev–Trinajstić information content (AvgIpc) is 2.44. The van der Waals surface area contributed by atoms with Crippen molar-refractivity contribution in [3.05, 3.63) is 63.6 Å². The lowest BCUT2D eigenvalue weighted by atomic mass is 10.1. The summed E-state index contributed by atoms with van der Waals surface area (Å²) in [6.07, 6.45) is -8.98. The van der Waals surface area contributed by atoms with Crippen LogP contribution in [0.2, 0.25) is 0 Å². The second-order valence-corrected chi connectivity index (χ2v) is 5.60. The van der Waals surface area contributed by atoms with Crippen molar-refractivity contribution >= 4 is 21.6 Å². The number of benzene rings is 2. The molecule has 124 valence electrons. The highest BCUT2D eigenvalue weighted by molar-refractivity contribution is 9.10. The molecule has 0 spiro atoms. The van der Waals surface area contributed by atoms with Gasteiger partial charge in [-0.15, -0.1) is 0 Å². The predicted molar refractivity (Wildman–Crippen MR) is 77.9 cm³/mol. The molecule has 0 heterocycles. The van der Waals surface area contributed by atoms with Gasteiger partial charge in [-0.3, -0.25) is 0 Å². The summed E-state index contributed by atoms with van der Waals surface area (Å²) < 4.78 is 76.1. The molecule has 0 unspecified atom stereocenters. The number of halogens is 7. The topological polar surface area (TPSA) is 12.0 Å². The molecule has 2 rings (SSSR count). The Morgan fingerprint density at radius 3 is 2.17 bits per heavy atom. The first kappa shape index (κ1) is 17.7. The largest absolute Gasteiger partial charge is 0.417 e. The second kappa shape index (κ2) is 6.43. The highest BCUT2D eigenvalue weighted by Crippen LogP contribution is 2.36. The summed E-state index contributed by atoms with van der Waals surface area (Å²) in [4.78, 5) is 0. The number of anilines is 1. The van der Waals surface area contributed by atoms with Crippen LogP contribution in [0.3, 0.4) is 0 Å². The molecular weight excluding hydrogens is 388 g/mol. The molecule has 0 aliphatic carbocycles. The van der Waals surface area contributed by atoms with Crippen LogP contribution in [0.4, 0.5) is 32.0 Å². The molecule has 2 aromatic rings. The van der Waals surface area contributed by atoms with Crippen LogP contribution in [0.1, 0.15) is 16.7 Å². The van der Waals surface area contributed by atoms with Crippen LogP contribution >= 0.6 is 15.9 Å². The van der Waals surface area contributed by atoms with Crippen LogP contribution in [0.15, 0.2) is 46.9 Å². The van der Waals surface area contributed by atoms with Crippen molar-refractivity contribution in [2.24, 2.45) is 0 Å². The van der Waals surface area contributed by atoms with Crippen LogP contribution in [0.25, 0.3) is 0 Å². The number of hydrogen-bond donors (Lipinski definition) is 1. The van der Waals surface area contributed by atoms with Crippen molar-refractivity contribution in [1.29, 1.82) is 0 Å². The van der Waals surface area contributed by atoms with Crippen molar-refractivity contribution in [2.45, 2.75) is 18.9 Å². The quantitative estimate of drug-likeness (QED) is 0.617. The maximum atomic E-state index is 12.8. The predicted octanol–water partition coefficient (Wildman–Crippen LogP) is 6.10. The van der Waals surface area contributed by atoms with Gasteiger partial charge in [-0.05, 0) is 35.9 Å². The first-order valence-corrected chi connectivity index (χ1v) is 7.13. The van der Waals surface area contributed by atoms with E-state index in [0.29, 0.717) is 5.56 Å². The maximum absolute atomic E-state index is 12.8. The van der Waals surface area contributed by atoms with Gasteiger partial charge >= 0.3 is 12.4 Å². The molecule has 0 bridgehead atoms. The Morgan fingerprint density at radius 1 is 0.870 bits per heavy atom. The molecule has 0 saturated heterocycles. The Morgan fingerprint density at radius 2 is 1.57 bits per heavy atom. The van der Waals surface area contributed by atoms with E-state index in [9.17, 15) is 26.3 Å². The number of nitrogens with one attached hydrogen (secondary N) is 1. The summed E-state index contributed by atoms with van der Waals surface area (Å²) in [5, 5.41) is 2.69. The van der Waals surface area contributed by atoms with Gasteiger partial charge in [0.25, 0.3) is 0 Å². The Labute approximate surface area is 136 Å². The van der Waals surface area contributed by atoms with Gasteiger partial charge < -0.3 is 5.32 Å². The summed E-state index contributed by atoms with van der Waals surface area (Å²) in [6, 6.07) is 8.15. The van der Waals surface area contributed by atoms with Crippen LogP contribution in [0, 0.1) is 0 Å². The van der Waals surface area contributed by atoms with Crippen LogP contribution < -0.4 is 5.32 Å². The summed E-state index contributed by atoms with van der Waals surface area (Å²) in [5.41, 5.74) is -1.18. The first-order valence-electron chi connectivity index (χ1n) is 6.34. The van der Waals surface area contributed by atoms with E-state index in [-0.39, 0.29) is 16.7 Å². The highest BCUT2D eigenvalue weighted by atomic mass is 79.9. The Kier molecular flexibility index (Phi) is 4.93. The lowest BCUT2D eigenvalue weighted by Gasteiger charge is -2.13. The Hall–Kier alpha value is -1.70. The normalized spacial score (nSPS) is 12.3. The zero-order valence-electron chi connectivity index (χ0n) is 11.4. The minimum Gasteiger partial charge on any atom is -0.381 e. The molecule has 23 heavy (non-hydrogen) atoms. The van der Waals surface area contributed by atoms with E-state index in [2.05, 4.69) is 21.2 Å². The van der Waals surface area contributed by atoms with E-state index in [1.165, 1.54) is 24.3 Å². The molecule has 0 aliphatic rings. The van der Waals surface area contributed by atoms with E-state index in [4.69, 9.17) is 0 Å². The van der Waals surface area contributed by atoms with Gasteiger partial charge in [0, 0.05) is 16.7 Å². The van der Waals surface area contributed by atoms with Gasteiger partial charge in [0.05, 0.1) is 11.1 Å². The van der Waals surface area contributed by atoms with E-state index in [0.717, 1.165) is 18.2 Å². The molecule has 0 atom stereocenters. The molecule has 1 nitrogen and oxygen atoms in total. The lowest BCUT2D eigenvalue weighted by molar-refractivity contribution is -0.138. The van der Waals surface area contributed by atoms with Gasteiger partial charge in [0.2, 0.25) is 0 Å². The monoisotopic (exact) mass is 397 g/mol. The maximum Gasteiger partial charge on any atom is 0.417 e. The fourth-order valence-electron chi connectivity index (χ4n) is 1.91. The van der Waals surface area contributed by atoms with Gasteiger partial charge in [0.15, 0.2) is 0 Å². The zero-order chi connectivity index (χ0) is 17.3. The molecule has 0 amide bonds. The van der Waals surface area contributed by atoms with Crippen LogP contribution in [0.5, 0.6) is 0 Å². The minimum atomic E-state index is -4.52. The molecule has 8 heteroatoms. The second-order valence-electron chi connectivity index (χ2n) is 4.74. The Balaban J connectivity index is 2.16. The lowest BCUT2D eigenvalue weighted by Crippen LogP contribution is -2.09. The molecule has 0 aliphatic heterocycles. The number of alkyl halides is 6. The van der Waals surface area contributed by atoms with E-state index >= 15 is 0 Å². The number of hydrogen-bond acceptors (Lipinski definition) is 1. The van der Waals surface area contributed by atoms with E-state index in [1.54, 1.807) is 0 Å². The summed E-state index contributed by atoms with van der Waals surface area (Å²) in [6.45, 7) is -0.0250. The summed E-state index contributed by atoms with van der Waals surface area (Å²) >= 11 is 2.82. The molecule has 1 N–H and O–H groups in total. The first-order chi connectivity index (χ1) is 10.6. The standard InChI is InChI=1S/C15H10BrF6N/c16-13-5-4-11(7-12(13)15(20,21)22)23-8-9-2-1-3-10(6-9)14(17,18)19/h1-7,23H,8H2. The van der Waals surface area contributed by atoms with Gasteiger partial charge in [0.1, 0.15) is 0 Å². The average molecular weight is 398 g/mol. The smallest absolute Gasteiger partial charge is 0.381 e. The van der Waals surface area contributed by atoms with Crippen molar-refractivity contribution in [1.82, 2.24) is 0 Å². The molecule has 0 aromatic heterocycles. The zero-order valence-corrected chi connectivity index (χ0v) is 13.0. The van der Waals surface area contributed by atoms with E-state index < -0.39 is 23.5 Å². The third kappa shape index (κ3) is 4.63. The summed E-state index contributed by atoms with van der Waals surface area (Å²) in [5.74, 6) is 0. The van der Waals surface area contributed by atoms with Gasteiger partial charge in [-0.25, -0.2) is 0 Å². The van der Waals surface area contributed by atoms with Gasteiger partial charge in [-0.2, -0.15) is 26.3 Å². The third-order valence-electron chi connectivity index (χ3n) is 3.02. The molecule has 0 radical (unpaired) electrons. The van der Waals surface area contributed by atoms with Gasteiger partial charge in [-0.1, -0.05) is 28.1 Å². The van der Waals surface area contributed by atoms with Crippen LogP contribution in [-0.2, 0) is 18.9 Å². The fraction of sp³-hybridized carbons (Fsp3) is 0.200. The SMILES string of the molecule is FC(F)(F)c1cccc(CNc2ccc(Br)c(C(F)(F)F)c2)c1. The van der Waals surface area contributed by atoms with Crippen LogP contribution in [-0.4, -0.2) is 0 Å². The van der Waals surface area contributed by atoms with Crippen molar-refractivity contribution in [3.8, 4) is 0 Å². The summed E-state index contributed by atoms with van der Waals surface area (Å²) in [7, 11) is 0. The van der Waals surface area contributed by atoms with Crippen molar-refractivity contribution in [2.75, 3.05) is 5.32 Å². The molecule has 2 aromatic carbocycles. The van der Waals surface area contributed by atoms with Crippen molar-refractivity contribution < 1.29 is 26.3 Å². The van der Waals surface area contributed by atoms with Crippen molar-refractivity contribution in [3.63, 3.8) is 0 Å². The molecule has 0 fully saturated rings.